The first kappa shape index (κ1) is 14.9. The molecule has 3 N–H and O–H groups in total. The molecule has 0 aromatic heterocycles. The highest BCUT2D eigenvalue weighted by molar-refractivity contribution is 7.80. The van der Waals surface area contributed by atoms with Crippen LogP contribution in [0.4, 0.5) is 5.69 Å². The molecule has 0 bridgehead atoms. The minimum atomic E-state index is -0.726. The van der Waals surface area contributed by atoms with Crippen LogP contribution in [-0.4, -0.2) is 20.9 Å². The fourth-order valence-electron chi connectivity index (χ4n) is 2.28. The largest absolute Gasteiger partial charge is 0.508 e. The van der Waals surface area contributed by atoms with E-state index in [4.69, 9.17) is 12.2 Å². The van der Waals surface area contributed by atoms with Gasteiger partial charge in [0.15, 0.2) is 10.9 Å². The Bertz CT molecular complexity index is 684. The summed E-state index contributed by atoms with van der Waals surface area (Å²) in [7, 11) is 0. The summed E-state index contributed by atoms with van der Waals surface area (Å²) >= 11 is 5.04. The third-order valence-electron chi connectivity index (χ3n) is 3.18. The van der Waals surface area contributed by atoms with Gasteiger partial charge in [-0.1, -0.05) is 0 Å². The number of ketones is 1. The van der Waals surface area contributed by atoms with Crippen LogP contribution in [0.3, 0.4) is 0 Å². The molecule has 0 spiro atoms. The zero-order chi connectivity index (χ0) is 15.7. The fraction of sp³-hybridized carbons (Fsp3) is 0.231. The van der Waals surface area contributed by atoms with Crippen LogP contribution in [-0.2, 0) is 4.79 Å². The van der Waals surface area contributed by atoms with E-state index in [0.717, 1.165) is 0 Å². The molecule has 0 saturated carbocycles. The maximum atomic E-state index is 11.8. The summed E-state index contributed by atoms with van der Waals surface area (Å²) in [4.78, 5) is 22.1. The van der Waals surface area contributed by atoms with Crippen molar-refractivity contribution in [2.75, 3.05) is 0 Å². The number of nitro benzene ring substituents is 1. The number of phenols is 1. The molecule has 1 heterocycles. The highest BCUT2D eigenvalue weighted by atomic mass is 32.1. The molecule has 0 unspecified atom stereocenters. The second kappa shape index (κ2) is 5.49. The zero-order valence-corrected chi connectivity index (χ0v) is 12.2. The average molecular weight is 307 g/mol. The molecule has 2 rings (SSSR count). The molecule has 1 aliphatic heterocycles. The van der Waals surface area contributed by atoms with Gasteiger partial charge in [-0.05, 0) is 32.1 Å². The molecule has 0 fully saturated rings. The number of aromatic hydroxyl groups is 1. The van der Waals surface area contributed by atoms with E-state index in [1.165, 1.54) is 25.1 Å². The second-order valence-electron chi connectivity index (χ2n) is 4.63. The van der Waals surface area contributed by atoms with Gasteiger partial charge >= 0.3 is 0 Å². The third kappa shape index (κ3) is 2.84. The first-order valence-electron chi connectivity index (χ1n) is 6.07. The van der Waals surface area contributed by atoms with Crippen molar-refractivity contribution in [1.29, 1.82) is 0 Å². The van der Waals surface area contributed by atoms with Crippen molar-refractivity contribution < 1.29 is 14.8 Å². The lowest BCUT2D eigenvalue weighted by Crippen LogP contribution is -2.44. The molecule has 0 radical (unpaired) electrons. The number of allylic oxidation sites excluding steroid dienone is 1. The Morgan fingerprint density at radius 3 is 2.71 bits per heavy atom. The van der Waals surface area contributed by atoms with Crippen molar-refractivity contribution in [3.8, 4) is 5.75 Å². The number of phenolic OH excluding ortho intramolecular Hbond substituents is 1. The Morgan fingerprint density at radius 1 is 1.48 bits per heavy atom. The molecule has 1 aromatic carbocycles. The van der Waals surface area contributed by atoms with E-state index < -0.39 is 11.0 Å². The molecular weight excluding hydrogens is 294 g/mol. The topological polar surface area (TPSA) is 104 Å². The molecule has 0 saturated heterocycles. The number of thiocarbonyl (C=S) groups is 1. The summed E-state index contributed by atoms with van der Waals surface area (Å²) in [5, 5.41) is 26.8. The highest BCUT2D eigenvalue weighted by Gasteiger charge is 2.30. The number of Topliss-reactive ketones (excluding diaryl/α,β-unsaturated/α-hetero) is 1. The average Bonchev–Trinajstić information content (AvgIpc) is 2.37. The summed E-state index contributed by atoms with van der Waals surface area (Å²) in [5.41, 5.74) is 0.994. The molecule has 8 heteroatoms. The van der Waals surface area contributed by atoms with Crippen LogP contribution in [0.2, 0.25) is 0 Å². The van der Waals surface area contributed by atoms with Gasteiger partial charge in [-0.15, -0.1) is 0 Å². The van der Waals surface area contributed by atoms with Crippen LogP contribution in [0.25, 0.3) is 0 Å². The molecule has 0 amide bonds. The van der Waals surface area contributed by atoms with E-state index in [1.807, 2.05) is 0 Å². The van der Waals surface area contributed by atoms with Crippen molar-refractivity contribution in [1.82, 2.24) is 10.6 Å². The van der Waals surface area contributed by atoms with Crippen LogP contribution in [0.1, 0.15) is 25.5 Å². The smallest absolute Gasteiger partial charge is 0.270 e. The lowest BCUT2D eigenvalue weighted by Gasteiger charge is -2.30. The normalized spacial score (nSPS) is 18.0. The van der Waals surface area contributed by atoms with Crippen molar-refractivity contribution in [3.63, 3.8) is 0 Å². The van der Waals surface area contributed by atoms with Gasteiger partial charge in [-0.3, -0.25) is 14.9 Å². The van der Waals surface area contributed by atoms with Gasteiger partial charge in [0.05, 0.1) is 11.0 Å². The second-order valence-corrected chi connectivity index (χ2v) is 5.03. The lowest BCUT2D eigenvalue weighted by atomic mass is 9.92. The van der Waals surface area contributed by atoms with E-state index in [2.05, 4.69) is 10.6 Å². The van der Waals surface area contributed by atoms with E-state index in [1.54, 1.807) is 6.92 Å². The Hall–Kier alpha value is -2.48. The van der Waals surface area contributed by atoms with Crippen LogP contribution < -0.4 is 10.6 Å². The quantitative estimate of drug-likeness (QED) is 0.443. The van der Waals surface area contributed by atoms with Gasteiger partial charge in [0.25, 0.3) is 5.69 Å². The third-order valence-corrected chi connectivity index (χ3v) is 3.40. The molecule has 21 heavy (non-hydrogen) atoms. The number of nitrogens with one attached hydrogen (secondary N) is 2. The van der Waals surface area contributed by atoms with Crippen molar-refractivity contribution in [2.45, 2.75) is 19.9 Å². The van der Waals surface area contributed by atoms with Crippen molar-refractivity contribution >= 4 is 28.8 Å². The molecule has 1 aliphatic rings. The molecule has 1 aromatic rings. The van der Waals surface area contributed by atoms with Gasteiger partial charge in [0.1, 0.15) is 5.75 Å². The molecule has 1 atom stereocenters. The van der Waals surface area contributed by atoms with Crippen LogP contribution in [0, 0.1) is 10.1 Å². The number of hydrogen-bond donors (Lipinski definition) is 3. The highest BCUT2D eigenvalue weighted by Crippen LogP contribution is 2.34. The van der Waals surface area contributed by atoms with Crippen LogP contribution in [0.15, 0.2) is 29.5 Å². The maximum Gasteiger partial charge on any atom is 0.270 e. The van der Waals surface area contributed by atoms with Gasteiger partial charge < -0.3 is 15.7 Å². The summed E-state index contributed by atoms with van der Waals surface area (Å²) in [6.07, 6.45) is 0. The Kier molecular flexibility index (Phi) is 3.90. The standard InChI is InChI=1S/C13H13N3O4S/c1-6-11(7(2)17)12(15-13(21)14-6)9-5-8(16(19)20)3-4-10(9)18/h3-5,12,18H,1-2H3,(H2,14,15,21)/t12-/m1/s1. The molecule has 110 valence electrons. The fourth-order valence-corrected chi connectivity index (χ4v) is 2.55. The van der Waals surface area contributed by atoms with Gasteiger partial charge in [0, 0.05) is 29.0 Å². The van der Waals surface area contributed by atoms with Crippen LogP contribution >= 0.6 is 12.2 Å². The monoisotopic (exact) mass is 307 g/mol. The maximum absolute atomic E-state index is 11.8. The number of hydrogen-bond acceptors (Lipinski definition) is 5. The van der Waals surface area contributed by atoms with E-state index in [-0.39, 0.29) is 27.9 Å². The Balaban J connectivity index is 2.60. The van der Waals surface area contributed by atoms with E-state index in [9.17, 15) is 20.0 Å². The Morgan fingerprint density at radius 2 is 2.14 bits per heavy atom. The summed E-state index contributed by atoms with van der Waals surface area (Å²) in [6, 6.07) is 2.93. The summed E-state index contributed by atoms with van der Waals surface area (Å²) in [5.74, 6) is -0.361. The minimum Gasteiger partial charge on any atom is -0.508 e. The molecule has 7 nitrogen and oxygen atoms in total. The number of non-ortho nitro benzene ring substituents is 1. The first-order chi connectivity index (χ1) is 9.81. The van der Waals surface area contributed by atoms with E-state index in [0.29, 0.717) is 11.3 Å². The predicted octanol–water partition coefficient (Wildman–Crippen LogP) is 1.68. The molecule has 0 aliphatic carbocycles. The van der Waals surface area contributed by atoms with E-state index >= 15 is 0 Å². The number of carbonyl (C=O) groups excluding carboxylic acids is 1. The number of nitrogens with zero attached hydrogens (tertiary/aromatic N) is 1. The molecular formula is C13H13N3O4S. The SMILES string of the molecule is CC(=O)C1=C(C)NC(=S)N[C@@H]1c1cc([N+](=O)[O-])ccc1O. The predicted molar refractivity (Wildman–Crippen MR) is 79.8 cm³/mol. The number of nitro groups is 1. The number of rotatable bonds is 3. The lowest BCUT2D eigenvalue weighted by molar-refractivity contribution is -0.385. The van der Waals surface area contributed by atoms with Crippen LogP contribution in [0.5, 0.6) is 5.75 Å². The summed E-state index contributed by atoms with van der Waals surface area (Å²) in [6.45, 7) is 3.07. The van der Waals surface area contributed by atoms with Gasteiger partial charge in [0.2, 0.25) is 0 Å². The Labute approximate surface area is 125 Å². The zero-order valence-electron chi connectivity index (χ0n) is 11.3. The van der Waals surface area contributed by atoms with Gasteiger partial charge in [-0.25, -0.2) is 0 Å². The van der Waals surface area contributed by atoms with Crippen molar-refractivity contribution in [2.24, 2.45) is 0 Å². The minimum absolute atomic E-state index is 0.144. The summed E-state index contributed by atoms with van der Waals surface area (Å²) < 4.78 is 0. The van der Waals surface area contributed by atoms with Gasteiger partial charge in [-0.2, -0.15) is 0 Å². The van der Waals surface area contributed by atoms with Crippen molar-refractivity contribution in [3.05, 3.63) is 45.1 Å². The number of benzene rings is 1. The number of carbonyl (C=O) groups is 1. The first-order valence-corrected chi connectivity index (χ1v) is 6.48.